The molecule has 0 fully saturated rings. The Kier molecular flexibility index (Phi) is 7.36. The first-order valence-corrected chi connectivity index (χ1v) is 14.6. The monoisotopic (exact) mass is 563 g/mol. The van der Waals surface area contributed by atoms with Gasteiger partial charge in [0.25, 0.3) is 15.9 Å². The normalized spacial score (nSPS) is 11.7. The molecule has 14 heteroatoms. The Labute approximate surface area is 216 Å². The SMILES string of the molecule is Cc1cccc(CS(=O)(=O)c2ncc(Cl)c(C(=O)Nc3ccc(S(=O)(=O)Nc4nccs4)cc3)n2)c1. The van der Waals surface area contributed by atoms with Gasteiger partial charge < -0.3 is 5.32 Å². The van der Waals surface area contributed by atoms with E-state index in [2.05, 4.69) is 25.0 Å². The molecule has 1 amide bonds. The molecule has 0 spiro atoms. The van der Waals surface area contributed by atoms with E-state index in [-0.39, 0.29) is 32.2 Å². The number of halogens is 1. The molecule has 0 atom stereocenters. The van der Waals surface area contributed by atoms with Gasteiger partial charge in [-0.05, 0) is 36.8 Å². The molecule has 2 aromatic carbocycles. The minimum absolute atomic E-state index is 0.0414. The third-order valence-electron chi connectivity index (χ3n) is 4.73. The predicted octanol–water partition coefficient (Wildman–Crippen LogP) is 3.92. The summed E-state index contributed by atoms with van der Waals surface area (Å²) in [6, 6.07) is 12.3. The maximum Gasteiger partial charge on any atom is 0.275 e. The topological polar surface area (TPSA) is 148 Å². The molecule has 2 heterocycles. The number of nitrogens with zero attached hydrogens (tertiary/aromatic N) is 3. The highest BCUT2D eigenvalue weighted by Crippen LogP contribution is 2.22. The van der Waals surface area contributed by atoms with Crippen molar-refractivity contribution in [2.24, 2.45) is 0 Å². The summed E-state index contributed by atoms with van der Waals surface area (Å²) in [7, 11) is -7.82. The number of carbonyl (C=O) groups is 1. The second-order valence-electron chi connectivity index (χ2n) is 7.52. The molecule has 0 saturated heterocycles. The zero-order valence-corrected chi connectivity index (χ0v) is 21.7. The van der Waals surface area contributed by atoms with Crippen molar-refractivity contribution in [3.8, 4) is 0 Å². The number of aromatic nitrogens is 3. The molecule has 2 aromatic heterocycles. The van der Waals surface area contributed by atoms with Crippen LogP contribution in [0.1, 0.15) is 21.6 Å². The first-order chi connectivity index (χ1) is 17.0. The van der Waals surface area contributed by atoms with Gasteiger partial charge in [0.1, 0.15) is 0 Å². The van der Waals surface area contributed by atoms with E-state index in [9.17, 15) is 21.6 Å². The third kappa shape index (κ3) is 6.05. The zero-order chi connectivity index (χ0) is 25.9. The largest absolute Gasteiger partial charge is 0.321 e. The Bertz CT molecular complexity index is 1630. The second-order valence-corrected chi connectivity index (χ2v) is 12.4. The molecule has 2 N–H and O–H groups in total. The van der Waals surface area contributed by atoms with E-state index in [1.807, 2.05) is 13.0 Å². The highest BCUT2D eigenvalue weighted by atomic mass is 35.5. The number of carbonyl (C=O) groups excluding carboxylic acids is 1. The van der Waals surface area contributed by atoms with Crippen LogP contribution in [-0.4, -0.2) is 37.7 Å². The van der Waals surface area contributed by atoms with Crippen molar-refractivity contribution in [3.63, 3.8) is 0 Å². The minimum atomic E-state index is -3.96. The molecule has 10 nitrogen and oxygen atoms in total. The summed E-state index contributed by atoms with van der Waals surface area (Å²) in [5.41, 5.74) is 1.36. The first kappa shape index (κ1) is 25.7. The van der Waals surface area contributed by atoms with Gasteiger partial charge in [0.2, 0.25) is 15.0 Å². The molecule has 4 rings (SSSR count). The van der Waals surface area contributed by atoms with Crippen molar-refractivity contribution >= 4 is 59.5 Å². The van der Waals surface area contributed by atoms with Crippen LogP contribution in [0.2, 0.25) is 5.02 Å². The Morgan fingerprint density at radius 1 is 1.06 bits per heavy atom. The van der Waals surface area contributed by atoms with Crippen molar-refractivity contribution < 1.29 is 21.6 Å². The van der Waals surface area contributed by atoms with Crippen molar-refractivity contribution in [2.75, 3.05) is 10.0 Å². The second kappa shape index (κ2) is 10.3. The maximum atomic E-state index is 12.8. The van der Waals surface area contributed by atoms with E-state index in [0.717, 1.165) is 23.1 Å². The number of thiazole rings is 1. The lowest BCUT2D eigenvalue weighted by Crippen LogP contribution is -2.18. The minimum Gasteiger partial charge on any atom is -0.321 e. The molecular formula is C22H18ClN5O5S3. The average Bonchev–Trinajstić information content (AvgIpc) is 3.31. The number of anilines is 2. The fourth-order valence-corrected chi connectivity index (χ4v) is 6.26. The van der Waals surface area contributed by atoms with Gasteiger partial charge >= 0.3 is 0 Å². The van der Waals surface area contributed by atoms with Gasteiger partial charge in [-0.1, -0.05) is 41.4 Å². The zero-order valence-electron chi connectivity index (χ0n) is 18.5. The lowest BCUT2D eigenvalue weighted by Gasteiger charge is -2.10. The highest BCUT2D eigenvalue weighted by molar-refractivity contribution is 7.93. The van der Waals surface area contributed by atoms with Crippen LogP contribution in [0.3, 0.4) is 0 Å². The van der Waals surface area contributed by atoms with Crippen molar-refractivity contribution in [2.45, 2.75) is 22.7 Å². The van der Waals surface area contributed by atoms with Crippen LogP contribution in [0.5, 0.6) is 0 Å². The smallest absolute Gasteiger partial charge is 0.275 e. The van der Waals surface area contributed by atoms with Gasteiger partial charge in [-0.25, -0.2) is 31.8 Å². The highest BCUT2D eigenvalue weighted by Gasteiger charge is 2.23. The summed E-state index contributed by atoms with van der Waals surface area (Å²) in [4.78, 5) is 24.3. The molecule has 4 aromatic rings. The van der Waals surface area contributed by atoms with Crippen molar-refractivity contribution in [1.29, 1.82) is 0 Å². The van der Waals surface area contributed by atoms with Crippen LogP contribution in [0.15, 0.2) is 76.4 Å². The number of hydrogen-bond donors (Lipinski definition) is 2. The van der Waals surface area contributed by atoms with Crippen LogP contribution >= 0.6 is 22.9 Å². The van der Waals surface area contributed by atoms with Crippen LogP contribution in [-0.2, 0) is 25.6 Å². The van der Waals surface area contributed by atoms with E-state index in [4.69, 9.17) is 11.6 Å². The van der Waals surface area contributed by atoms with E-state index in [1.54, 1.807) is 23.6 Å². The van der Waals surface area contributed by atoms with Crippen molar-refractivity contribution in [3.05, 3.63) is 88.1 Å². The molecule has 186 valence electrons. The first-order valence-electron chi connectivity index (χ1n) is 10.2. The number of amides is 1. The van der Waals surface area contributed by atoms with Gasteiger partial charge in [0, 0.05) is 17.3 Å². The number of sulfonamides is 1. The number of nitrogens with one attached hydrogen (secondary N) is 2. The van der Waals surface area contributed by atoms with Crippen molar-refractivity contribution in [1.82, 2.24) is 15.0 Å². The van der Waals surface area contributed by atoms with E-state index < -0.39 is 30.9 Å². The van der Waals surface area contributed by atoms with Gasteiger partial charge in [-0.2, -0.15) is 0 Å². The molecule has 0 radical (unpaired) electrons. The van der Waals surface area contributed by atoms with E-state index in [0.29, 0.717) is 5.56 Å². The Hall–Kier alpha value is -3.39. The molecule has 36 heavy (non-hydrogen) atoms. The van der Waals surface area contributed by atoms with E-state index in [1.165, 1.54) is 30.5 Å². The van der Waals surface area contributed by atoms with Gasteiger partial charge in [0.15, 0.2) is 10.8 Å². The fraction of sp³-hybridized carbons (Fsp3) is 0.0909. The van der Waals surface area contributed by atoms with Gasteiger partial charge in [-0.15, -0.1) is 11.3 Å². The molecule has 0 aliphatic carbocycles. The lowest BCUT2D eigenvalue weighted by molar-refractivity contribution is 0.102. The molecular weight excluding hydrogens is 546 g/mol. The average molecular weight is 564 g/mol. The number of aryl methyl sites for hydroxylation is 1. The van der Waals surface area contributed by atoms with Crippen LogP contribution in [0, 0.1) is 6.92 Å². The number of sulfone groups is 1. The number of hydrogen-bond acceptors (Lipinski definition) is 9. The third-order valence-corrected chi connectivity index (χ3v) is 8.65. The van der Waals surface area contributed by atoms with Gasteiger partial charge in [0.05, 0.1) is 21.9 Å². The summed E-state index contributed by atoms with van der Waals surface area (Å²) >= 11 is 7.20. The van der Waals surface area contributed by atoms with Gasteiger partial charge in [-0.3, -0.25) is 9.52 Å². The predicted molar refractivity (Wildman–Crippen MR) is 136 cm³/mol. The summed E-state index contributed by atoms with van der Waals surface area (Å²) in [6.07, 6.45) is 2.52. The molecule has 0 bridgehead atoms. The van der Waals surface area contributed by atoms with Crippen LogP contribution < -0.4 is 10.0 Å². The number of rotatable bonds is 8. The standard InChI is InChI=1S/C22H18ClN5O5S3/c1-14-3-2-4-15(11-14)13-35(30,31)22-25-12-18(23)19(27-22)20(29)26-16-5-7-17(8-6-16)36(32,33)28-21-24-9-10-34-21/h2-12H,13H2,1H3,(H,24,28)(H,26,29). The fourth-order valence-electron chi connectivity index (χ4n) is 3.10. The summed E-state index contributed by atoms with van der Waals surface area (Å²) in [5.74, 6) is -1.13. The number of benzene rings is 2. The molecule has 0 saturated carbocycles. The molecule has 0 aliphatic rings. The van der Waals surface area contributed by atoms with Crippen LogP contribution in [0.25, 0.3) is 0 Å². The Morgan fingerprint density at radius 3 is 2.47 bits per heavy atom. The Morgan fingerprint density at radius 2 is 1.81 bits per heavy atom. The maximum absolute atomic E-state index is 12.8. The molecule has 0 aliphatic heterocycles. The molecule has 0 unspecified atom stereocenters. The van der Waals surface area contributed by atoms with Crippen LogP contribution in [0.4, 0.5) is 10.8 Å². The summed E-state index contributed by atoms with van der Waals surface area (Å²) < 4.78 is 52.9. The quantitative estimate of drug-likeness (QED) is 0.306. The summed E-state index contributed by atoms with van der Waals surface area (Å²) in [6.45, 7) is 1.84. The lowest BCUT2D eigenvalue weighted by atomic mass is 10.2. The summed E-state index contributed by atoms with van der Waals surface area (Å²) in [5, 5.41) is 3.70. The Balaban J connectivity index is 1.51. The van der Waals surface area contributed by atoms with E-state index >= 15 is 0 Å².